The highest BCUT2D eigenvalue weighted by Crippen LogP contribution is 2.37. The molecule has 0 heterocycles. The predicted molar refractivity (Wildman–Crippen MR) is 260 cm³/mol. The maximum Gasteiger partial charge on any atom is 0.519 e. The second-order valence-corrected chi connectivity index (χ2v) is 17.3. The van der Waals surface area contributed by atoms with Crippen LogP contribution >= 0.6 is 0 Å². The standard InChI is InChI=1S/C19H20O7.C18H18O6.C17H18O5/c1-4-19(2,3)17(22)24-12-8-10-13(11-9-12)25-18(23)26-15-7-5-6-14(20)16(15)21;1-18(2,3)17(22)23-12-9-7-11(8-10-12)16(21)24-14-6-4-5-13(19)15(14)20;1-3-11(2)12-7-9-13(10-8-12)21-17(20)22-15-6-4-5-14(18)16(15)19/h5-11,20-21H,4H2,1-3H3;4-10,19-20H,1-3H3;4-11,18-19H,3H2,1-2H3. The van der Waals surface area contributed by atoms with E-state index >= 15 is 0 Å². The number of aromatic hydroxyl groups is 6. The number of para-hydroxylation sites is 3. The molecule has 0 aliphatic carbocycles. The average Bonchev–Trinajstić information content (AvgIpc) is 3.34. The molecule has 0 bridgehead atoms. The molecule has 0 amide bonds. The SMILES string of the molecule is CC(C)(C)C(=O)Oc1ccc(C(=O)Oc2cccc(O)c2O)cc1.CCC(C)(C)C(=O)Oc1ccc(OC(=O)Oc2cccc(O)c2O)cc1.CCC(C)c1ccc(OC(=O)Oc2cccc(O)c2O)cc1. The number of rotatable bonds is 12. The highest BCUT2D eigenvalue weighted by atomic mass is 16.7. The fourth-order valence-electron chi connectivity index (χ4n) is 5.34. The van der Waals surface area contributed by atoms with Gasteiger partial charge in [0.05, 0.1) is 16.4 Å². The van der Waals surface area contributed by atoms with Crippen LogP contribution in [0.1, 0.15) is 90.1 Å². The lowest BCUT2D eigenvalue weighted by Gasteiger charge is -2.20. The molecular weight excluding hydrogens is 937 g/mol. The minimum Gasteiger partial charge on any atom is -0.504 e. The van der Waals surface area contributed by atoms with Gasteiger partial charge in [0.25, 0.3) is 0 Å². The van der Waals surface area contributed by atoms with E-state index in [2.05, 4.69) is 13.8 Å². The van der Waals surface area contributed by atoms with Gasteiger partial charge in [0.15, 0.2) is 34.5 Å². The van der Waals surface area contributed by atoms with Gasteiger partial charge in [0.1, 0.15) is 23.0 Å². The first-order chi connectivity index (χ1) is 33.9. The molecule has 0 radical (unpaired) electrons. The molecule has 0 fully saturated rings. The van der Waals surface area contributed by atoms with Gasteiger partial charge in [-0.25, -0.2) is 14.4 Å². The molecule has 18 nitrogen and oxygen atoms in total. The lowest BCUT2D eigenvalue weighted by Crippen LogP contribution is -2.28. The molecule has 0 aliphatic rings. The lowest BCUT2D eigenvalue weighted by atomic mass is 9.91. The Balaban J connectivity index is 0.000000235. The fraction of sp³-hybridized carbons (Fsp3) is 0.241. The Morgan fingerprint density at radius 2 is 0.792 bits per heavy atom. The van der Waals surface area contributed by atoms with E-state index in [0.29, 0.717) is 29.6 Å². The third-order valence-corrected chi connectivity index (χ3v) is 10.4. The second-order valence-electron chi connectivity index (χ2n) is 17.3. The van der Waals surface area contributed by atoms with Gasteiger partial charge >= 0.3 is 30.2 Å². The second kappa shape index (κ2) is 25.1. The summed E-state index contributed by atoms with van der Waals surface area (Å²) in [7, 11) is 0. The molecule has 6 N–H and O–H groups in total. The Morgan fingerprint density at radius 3 is 1.17 bits per heavy atom. The van der Waals surface area contributed by atoms with E-state index in [1.807, 2.05) is 19.1 Å². The maximum absolute atomic E-state index is 12.0. The van der Waals surface area contributed by atoms with E-state index in [1.54, 1.807) is 46.8 Å². The van der Waals surface area contributed by atoms with Crippen LogP contribution in [0.3, 0.4) is 0 Å². The van der Waals surface area contributed by atoms with Gasteiger partial charge in [0, 0.05) is 0 Å². The van der Waals surface area contributed by atoms with Gasteiger partial charge in [-0.15, -0.1) is 0 Å². The number of benzene rings is 6. The third-order valence-electron chi connectivity index (χ3n) is 10.4. The molecule has 6 aromatic rings. The number of hydrogen-bond donors (Lipinski definition) is 6. The summed E-state index contributed by atoms with van der Waals surface area (Å²) in [5, 5.41) is 56.8. The van der Waals surface area contributed by atoms with Crippen molar-refractivity contribution in [2.24, 2.45) is 10.8 Å². The minimum absolute atomic E-state index is 0.150. The van der Waals surface area contributed by atoms with Crippen LogP contribution in [0.4, 0.5) is 9.59 Å². The van der Waals surface area contributed by atoms with Crippen molar-refractivity contribution in [3.63, 3.8) is 0 Å². The van der Waals surface area contributed by atoms with Gasteiger partial charge in [-0.3, -0.25) is 9.59 Å². The smallest absolute Gasteiger partial charge is 0.504 e. The Labute approximate surface area is 415 Å². The zero-order valence-electron chi connectivity index (χ0n) is 40.7. The zero-order chi connectivity index (χ0) is 53.3. The monoisotopic (exact) mass is 992 g/mol. The van der Waals surface area contributed by atoms with Crippen molar-refractivity contribution in [2.75, 3.05) is 0 Å². The van der Waals surface area contributed by atoms with Crippen LogP contribution in [0.5, 0.6) is 74.7 Å². The molecule has 0 saturated carbocycles. The minimum atomic E-state index is -1.09. The lowest BCUT2D eigenvalue weighted by molar-refractivity contribution is -0.144. The van der Waals surface area contributed by atoms with Gasteiger partial charge in [-0.1, -0.05) is 51.1 Å². The predicted octanol–water partition coefficient (Wildman–Crippen LogP) is 11.5. The summed E-state index contributed by atoms with van der Waals surface area (Å²) < 4.78 is 35.2. The molecule has 6 rings (SSSR count). The number of carbonyl (C=O) groups excluding carboxylic acids is 5. The molecule has 18 heteroatoms. The first-order valence-corrected chi connectivity index (χ1v) is 22.2. The molecule has 72 heavy (non-hydrogen) atoms. The van der Waals surface area contributed by atoms with Crippen molar-refractivity contribution in [2.45, 2.75) is 74.1 Å². The number of ether oxygens (including phenoxy) is 7. The number of carbonyl (C=O) groups is 5. The Bertz CT molecular complexity index is 2810. The van der Waals surface area contributed by atoms with Crippen molar-refractivity contribution >= 4 is 30.2 Å². The fourth-order valence-corrected chi connectivity index (χ4v) is 5.34. The molecule has 0 aromatic heterocycles. The highest BCUT2D eigenvalue weighted by molar-refractivity contribution is 5.91. The average molecular weight is 993 g/mol. The summed E-state index contributed by atoms with van der Waals surface area (Å²) in [4.78, 5) is 59.3. The topological polar surface area (TPSA) is 271 Å². The largest absolute Gasteiger partial charge is 0.519 e. The summed E-state index contributed by atoms with van der Waals surface area (Å²) in [5.41, 5.74) is 0.134. The zero-order valence-corrected chi connectivity index (χ0v) is 40.7. The maximum atomic E-state index is 12.0. The van der Waals surface area contributed by atoms with E-state index in [1.165, 1.54) is 103 Å². The molecule has 0 aliphatic heterocycles. The first kappa shape index (κ1) is 55.7. The Hall–Kier alpha value is -8.93. The molecular formula is C54H56O18. The van der Waals surface area contributed by atoms with Crippen LogP contribution in [0.25, 0.3) is 0 Å². The molecule has 0 spiro atoms. The van der Waals surface area contributed by atoms with Crippen molar-refractivity contribution in [3.8, 4) is 74.7 Å². The normalized spacial score (nSPS) is 11.2. The molecule has 1 unspecified atom stereocenters. The number of phenols is 6. The van der Waals surface area contributed by atoms with Crippen LogP contribution in [-0.2, 0) is 9.59 Å². The number of hydrogen-bond acceptors (Lipinski definition) is 18. The number of phenolic OH excluding ortho intramolecular Hbond substituents is 6. The van der Waals surface area contributed by atoms with Crippen molar-refractivity contribution in [1.82, 2.24) is 0 Å². The van der Waals surface area contributed by atoms with Crippen LogP contribution in [-0.4, -0.2) is 60.9 Å². The van der Waals surface area contributed by atoms with Gasteiger partial charge in [-0.2, -0.15) is 0 Å². The quantitative estimate of drug-likeness (QED) is 0.0288. The number of esters is 3. The van der Waals surface area contributed by atoms with E-state index in [0.717, 1.165) is 12.0 Å². The summed E-state index contributed by atoms with van der Waals surface area (Å²) >= 11 is 0. The van der Waals surface area contributed by atoms with Crippen LogP contribution in [0.2, 0.25) is 0 Å². The van der Waals surface area contributed by atoms with Crippen molar-refractivity contribution in [3.05, 3.63) is 139 Å². The van der Waals surface area contributed by atoms with Crippen molar-refractivity contribution < 1.29 is 87.8 Å². The highest BCUT2D eigenvalue weighted by Gasteiger charge is 2.28. The van der Waals surface area contributed by atoms with E-state index < -0.39 is 52.1 Å². The molecule has 1 atom stereocenters. The van der Waals surface area contributed by atoms with Crippen molar-refractivity contribution in [1.29, 1.82) is 0 Å². The summed E-state index contributed by atoms with van der Waals surface area (Å²) in [6.07, 6.45) is -0.417. The summed E-state index contributed by atoms with van der Waals surface area (Å²) in [5.74, 6) is -3.20. The Kier molecular flexibility index (Phi) is 19.4. The van der Waals surface area contributed by atoms with E-state index in [9.17, 15) is 54.6 Å². The van der Waals surface area contributed by atoms with Gasteiger partial charge < -0.3 is 63.8 Å². The van der Waals surface area contributed by atoms with Crippen LogP contribution in [0.15, 0.2) is 127 Å². The van der Waals surface area contributed by atoms with Gasteiger partial charge in [-0.05, 0) is 156 Å². The van der Waals surface area contributed by atoms with E-state index in [4.69, 9.17) is 33.2 Å². The molecule has 0 saturated heterocycles. The molecule has 6 aromatic carbocycles. The molecule has 380 valence electrons. The first-order valence-electron chi connectivity index (χ1n) is 22.2. The third kappa shape index (κ3) is 16.4. The van der Waals surface area contributed by atoms with Crippen LogP contribution in [0, 0.1) is 10.8 Å². The summed E-state index contributed by atoms with van der Waals surface area (Å²) in [6.45, 7) is 14.9. The summed E-state index contributed by atoms with van der Waals surface area (Å²) in [6, 6.07) is 30.9. The van der Waals surface area contributed by atoms with E-state index in [-0.39, 0.29) is 52.0 Å². The van der Waals surface area contributed by atoms with Gasteiger partial charge in [0.2, 0.25) is 17.2 Å². The van der Waals surface area contributed by atoms with Crippen LogP contribution < -0.4 is 33.2 Å². The Morgan fingerprint density at radius 1 is 0.444 bits per heavy atom.